The zero-order valence-corrected chi connectivity index (χ0v) is 17.8. The molecule has 6 nitrogen and oxygen atoms in total. The van der Waals surface area contributed by atoms with E-state index in [1.54, 1.807) is 11.3 Å². The number of nitrogens with one attached hydrogen (secondary N) is 2. The quantitative estimate of drug-likeness (QED) is 0.470. The number of aromatic nitrogens is 1. The van der Waals surface area contributed by atoms with Crippen LogP contribution < -0.4 is 15.4 Å². The lowest BCUT2D eigenvalue weighted by Gasteiger charge is -2.05. The fourth-order valence-corrected chi connectivity index (χ4v) is 4.35. The highest BCUT2D eigenvalue weighted by Gasteiger charge is 2.10. The second kappa shape index (κ2) is 10.7. The fraction of sp³-hybridized carbons (Fsp3) is 0.286. The Balaban J connectivity index is 1.42. The van der Waals surface area contributed by atoms with E-state index in [9.17, 15) is 9.59 Å². The summed E-state index contributed by atoms with van der Waals surface area (Å²) in [6.45, 7) is 2.64. The molecule has 0 saturated carbocycles. The number of nitrogens with zero attached hydrogens (tertiary/aromatic N) is 1. The molecule has 2 aromatic heterocycles. The molecule has 2 amide bonds. The van der Waals surface area contributed by atoms with E-state index in [2.05, 4.69) is 15.6 Å². The standard InChI is InChI=1S/C21H23N3O3S2/c1-15(25)22-12-11-17-9-10-19(29-17)18-14-28-21(23-18)24-20(26)8-5-13-27-16-6-3-2-4-7-16/h2-4,6-7,9-10,14H,5,8,11-13H2,1H3,(H,22,25)(H,23,24,26). The summed E-state index contributed by atoms with van der Waals surface area (Å²) in [5.41, 5.74) is 0.855. The van der Waals surface area contributed by atoms with Crippen molar-refractivity contribution in [3.8, 4) is 16.3 Å². The number of rotatable bonds is 10. The van der Waals surface area contributed by atoms with E-state index in [1.165, 1.54) is 23.1 Å². The molecule has 0 aliphatic heterocycles. The third-order valence-corrected chi connectivity index (χ3v) is 5.90. The minimum absolute atomic E-state index is 0.0201. The highest BCUT2D eigenvalue weighted by atomic mass is 32.1. The van der Waals surface area contributed by atoms with Gasteiger partial charge in [-0.1, -0.05) is 18.2 Å². The molecule has 8 heteroatoms. The Bertz CT molecular complexity index is 938. The molecule has 0 atom stereocenters. The molecule has 0 fully saturated rings. The molecule has 0 aliphatic carbocycles. The maximum Gasteiger partial charge on any atom is 0.226 e. The zero-order valence-electron chi connectivity index (χ0n) is 16.1. The van der Waals surface area contributed by atoms with Crippen molar-refractivity contribution in [2.24, 2.45) is 0 Å². The highest BCUT2D eigenvalue weighted by molar-refractivity contribution is 7.17. The molecule has 0 bridgehead atoms. The Morgan fingerprint density at radius 3 is 2.76 bits per heavy atom. The first kappa shape index (κ1) is 21.0. The lowest BCUT2D eigenvalue weighted by atomic mass is 10.3. The number of carbonyl (C=O) groups is 2. The van der Waals surface area contributed by atoms with Gasteiger partial charge in [-0.05, 0) is 37.1 Å². The van der Waals surface area contributed by atoms with Crippen molar-refractivity contribution in [3.63, 3.8) is 0 Å². The van der Waals surface area contributed by atoms with Crippen LogP contribution in [0.15, 0.2) is 47.8 Å². The van der Waals surface area contributed by atoms with Crippen LogP contribution in [0, 0.1) is 0 Å². The molecule has 29 heavy (non-hydrogen) atoms. The van der Waals surface area contributed by atoms with E-state index in [0.717, 1.165) is 22.7 Å². The van der Waals surface area contributed by atoms with Gasteiger partial charge in [-0.25, -0.2) is 4.98 Å². The van der Waals surface area contributed by atoms with Crippen LogP contribution >= 0.6 is 22.7 Å². The van der Waals surface area contributed by atoms with Gasteiger partial charge in [-0.2, -0.15) is 0 Å². The number of benzene rings is 1. The largest absolute Gasteiger partial charge is 0.494 e. The van der Waals surface area contributed by atoms with Gasteiger partial charge < -0.3 is 15.4 Å². The molecule has 2 N–H and O–H groups in total. The summed E-state index contributed by atoms with van der Waals surface area (Å²) in [6, 6.07) is 13.6. The predicted molar refractivity (Wildman–Crippen MR) is 118 cm³/mol. The highest BCUT2D eigenvalue weighted by Crippen LogP contribution is 2.31. The van der Waals surface area contributed by atoms with Crippen molar-refractivity contribution in [1.82, 2.24) is 10.3 Å². The van der Waals surface area contributed by atoms with Crippen LogP contribution in [0.1, 0.15) is 24.6 Å². The molecular weight excluding hydrogens is 406 g/mol. The number of thiophene rings is 1. The Labute approximate surface area is 178 Å². The summed E-state index contributed by atoms with van der Waals surface area (Å²) in [4.78, 5) is 29.8. The van der Waals surface area contributed by atoms with Crippen molar-refractivity contribution in [2.45, 2.75) is 26.2 Å². The maximum absolute atomic E-state index is 12.1. The smallest absolute Gasteiger partial charge is 0.226 e. The summed E-state index contributed by atoms with van der Waals surface area (Å²) >= 11 is 3.06. The summed E-state index contributed by atoms with van der Waals surface area (Å²) in [6.07, 6.45) is 1.82. The van der Waals surface area contributed by atoms with Gasteiger partial charge in [-0.15, -0.1) is 22.7 Å². The van der Waals surface area contributed by atoms with Crippen molar-refractivity contribution < 1.29 is 14.3 Å². The molecule has 0 aliphatic rings. The summed E-state index contributed by atoms with van der Waals surface area (Å²) in [7, 11) is 0. The Hall–Kier alpha value is -2.71. The number of hydrogen-bond donors (Lipinski definition) is 2. The van der Waals surface area contributed by atoms with E-state index in [1.807, 2.05) is 47.8 Å². The number of anilines is 1. The number of amides is 2. The van der Waals surface area contributed by atoms with Gasteiger partial charge in [0.2, 0.25) is 11.8 Å². The minimum atomic E-state index is -0.0651. The van der Waals surface area contributed by atoms with Crippen molar-refractivity contribution in [2.75, 3.05) is 18.5 Å². The molecule has 1 aromatic carbocycles. The number of ether oxygens (including phenoxy) is 1. The third kappa shape index (κ3) is 6.99. The maximum atomic E-state index is 12.1. The summed E-state index contributed by atoms with van der Waals surface area (Å²) < 4.78 is 5.60. The third-order valence-electron chi connectivity index (χ3n) is 3.97. The Morgan fingerprint density at radius 1 is 1.14 bits per heavy atom. The first-order valence-electron chi connectivity index (χ1n) is 9.37. The summed E-state index contributed by atoms with van der Waals surface area (Å²) in [5, 5.41) is 8.19. The van der Waals surface area contributed by atoms with Crippen molar-refractivity contribution >= 4 is 39.6 Å². The van der Waals surface area contributed by atoms with Gasteiger partial charge in [0.15, 0.2) is 5.13 Å². The number of thiazole rings is 1. The number of hydrogen-bond acceptors (Lipinski definition) is 6. The van der Waals surface area contributed by atoms with Crippen molar-refractivity contribution in [1.29, 1.82) is 0 Å². The lowest BCUT2D eigenvalue weighted by molar-refractivity contribution is -0.119. The average Bonchev–Trinajstić information content (AvgIpc) is 3.35. The predicted octanol–water partition coefficient (Wildman–Crippen LogP) is 4.35. The SMILES string of the molecule is CC(=O)NCCc1ccc(-c2csc(NC(=O)CCCOc3ccccc3)n2)s1. The fourth-order valence-electron chi connectivity index (χ4n) is 2.58. The molecule has 0 saturated heterocycles. The van der Waals surface area contributed by atoms with Gasteiger partial charge in [0.1, 0.15) is 5.75 Å². The van der Waals surface area contributed by atoms with E-state index >= 15 is 0 Å². The van der Waals surface area contributed by atoms with Gasteiger partial charge in [0.25, 0.3) is 0 Å². The minimum Gasteiger partial charge on any atom is -0.494 e. The number of para-hydroxylation sites is 1. The van der Waals surface area contributed by atoms with Crippen LogP contribution in [0.5, 0.6) is 5.75 Å². The van der Waals surface area contributed by atoms with Crippen LogP contribution in [0.3, 0.4) is 0 Å². The van der Waals surface area contributed by atoms with E-state index in [4.69, 9.17) is 4.74 Å². The molecule has 152 valence electrons. The van der Waals surface area contributed by atoms with Crippen LogP contribution in [0.4, 0.5) is 5.13 Å². The molecule has 0 spiro atoms. The molecule has 3 aromatic rings. The van der Waals surface area contributed by atoms with Gasteiger partial charge in [-0.3, -0.25) is 9.59 Å². The monoisotopic (exact) mass is 429 g/mol. The lowest BCUT2D eigenvalue weighted by Crippen LogP contribution is -2.21. The average molecular weight is 430 g/mol. The van der Waals surface area contributed by atoms with Gasteiger partial charge in [0, 0.05) is 30.1 Å². The normalized spacial score (nSPS) is 10.5. The van der Waals surface area contributed by atoms with Gasteiger partial charge >= 0.3 is 0 Å². The first-order chi connectivity index (χ1) is 14.1. The molecule has 0 unspecified atom stereocenters. The molecule has 2 heterocycles. The first-order valence-corrected chi connectivity index (χ1v) is 11.1. The molecule has 3 rings (SSSR count). The van der Waals surface area contributed by atoms with Crippen LogP contribution in [-0.4, -0.2) is 29.9 Å². The van der Waals surface area contributed by atoms with E-state index < -0.39 is 0 Å². The van der Waals surface area contributed by atoms with E-state index in [0.29, 0.717) is 31.1 Å². The second-order valence-corrected chi connectivity index (χ2v) is 8.38. The Kier molecular flexibility index (Phi) is 7.77. The van der Waals surface area contributed by atoms with Crippen molar-refractivity contribution in [3.05, 3.63) is 52.7 Å². The van der Waals surface area contributed by atoms with E-state index in [-0.39, 0.29) is 11.8 Å². The molecule has 0 radical (unpaired) electrons. The van der Waals surface area contributed by atoms with Crippen LogP contribution in [0.2, 0.25) is 0 Å². The topological polar surface area (TPSA) is 80.3 Å². The van der Waals surface area contributed by atoms with Crippen LogP contribution in [-0.2, 0) is 16.0 Å². The second-order valence-electron chi connectivity index (χ2n) is 6.35. The Morgan fingerprint density at radius 2 is 1.97 bits per heavy atom. The van der Waals surface area contributed by atoms with Gasteiger partial charge in [0.05, 0.1) is 17.2 Å². The zero-order chi connectivity index (χ0) is 20.5. The number of carbonyl (C=O) groups excluding carboxylic acids is 2. The molecular formula is C21H23N3O3S2. The summed E-state index contributed by atoms with van der Waals surface area (Å²) in [5.74, 6) is 0.725. The van der Waals surface area contributed by atoms with Crippen LogP contribution in [0.25, 0.3) is 10.6 Å².